The van der Waals surface area contributed by atoms with Gasteiger partial charge in [-0.25, -0.2) is 13.2 Å². The summed E-state index contributed by atoms with van der Waals surface area (Å²) in [5.74, 6) is -3.90. The Morgan fingerprint density at radius 1 is 1.00 bits per heavy atom. The Hall–Kier alpha value is -2.90. The number of methoxy groups -OCH3 is 2. The van der Waals surface area contributed by atoms with Crippen LogP contribution >= 0.6 is 0 Å². The lowest BCUT2D eigenvalue weighted by Gasteiger charge is -2.32. The zero-order valence-corrected chi connectivity index (χ0v) is 14.7. The molecule has 1 aliphatic heterocycles. The first-order chi connectivity index (χ1) is 13.0. The average Bonchev–Trinajstić information content (AvgIpc) is 2.66. The van der Waals surface area contributed by atoms with Gasteiger partial charge in [0.25, 0.3) is 0 Å². The van der Waals surface area contributed by atoms with Crippen molar-refractivity contribution in [3.05, 3.63) is 63.8 Å². The first-order valence-electron chi connectivity index (χ1n) is 8.18. The Morgan fingerprint density at radius 2 is 1.59 bits per heavy atom. The Bertz CT molecular complexity index is 843. The minimum Gasteiger partial charge on any atom is -0.497 e. The molecular weight excluding hydrogens is 361 g/mol. The van der Waals surface area contributed by atoms with Crippen molar-refractivity contribution in [1.29, 1.82) is 0 Å². The fourth-order valence-corrected chi connectivity index (χ4v) is 3.39. The van der Waals surface area contributed by atoms with Gasteiger partial charge in [-0.2, -0.15) is 4.91 Å². The molecule has 0 aliphatic carbocycles. The van der Waals surface area contributed by atoms with E-state index in [2.05, 4.69) is 10.2 Å². The maximum absolute atomic E-state index is 14.5. The zero-order chi connectivity index (χ0) is 19.6. The minimum absolute atomic E-state index is 0.0119. The normalized spacial score (nSPS) is 21.7. The molecule has 1 aliphatic rings. The highest BCUT2D eigenvalue weighted by atomic mass is 19.1. The summed E-state index contributed by atoms with van der Waals surface area (Å²) in [6.45, 7) is -0.0119. The number of ether oxygens (including phenoxy) is 2. The van der Waals surface area contributed by atoms with E-state index in [-0.39, 0.29) is 12.1 Å². The highest BCUT2D eigenvalue weighted by Crippen LogP contribution is 2.42. The van der Waals surface area contributed by atoms with Gasteiger partial charge in [-0.15, -0.1) is 0 Å². The molecule has 5 nitrogen and oxygen atoms in total. The summed E-state index contributed by atoms with van der Waals surface area (Å²) in [4.78, 5) is 15.5. The third kappa shape index (κ3) is 3.65. The van der Waals surface area contributed by atoms with Crippen LogP contribution in [-0.4, -0.2) is 33.0 Å². The van der Waals surface area contributed by atoms with Gasteiger partial charge >= 0.3 is 0 Å². The molecule has 0 radical (unpaired) electrons. The van der Waals surface area contributed by atoms with Crippen LogP contribution in [0.1, 0.15) is 23.0 Å². The van der Waals surface area contributed by atoms with Gasteiger partial charge in [0.1, 0.15) is 35.0 Å². The predicted octanol–water partition coefficient (Wildman–Crippen LogP) is 4.21. The fraction of sp³-hybridized carbons (Fsp3) is 0.316. The first-order valence-corrected chi connectivity index (χ1v) is 8.18. The van der Waals surface area contributed by atoms with Crippen LogP contribution in [-0.2, 0) is 0 Å². The van der Waals surface area contributed by atoms with E-state index in [9.17, 15) is 18.1 Å². The molecule has 3 unspecified atom stereocenters. The van der Waals surface area contributed by atoms with E-state index in [4.69, 9.17) is 9.47 Å². The van der Waals surface area contributed by atoms with E-state index < -0.39 is 35.3 Å². The first kappa shape index (κ1) is 18.9. The third-order valence-corrected chi connectivity index (χ3v) is 4.63. The van der Waals surface area contributed by atoms with Crippen molar-refractivity contribution in [3.63, 3.8) is 0 Å². The Balaban J connectivity index is 2.18. The number of rotatable bonds is 5. The van der Waals surface area contributed by atoms with E-state index in [1.807, 2.05) is 0 Å². The smallest absolute Gasteiger partial charge is 0.132 e. The zero-order valence-electron chi connectivity index (χ0n) is 14.7. The average molecular weight is 378 g/mol. The van der Waals surface area contributed by atoms with Gasteiger partial charge < -0.3 is 9.47 Å². The van der Waals surface area contributed by atoms with E-state index in [1.165, 1.54) is 20.4 Å². The Kier molecular flexibility index (Phi) is 5.43. The molecule has 3 rings (SSSR count). The van der Waals surface area contributed by atoms with Crippen LogP contribution in [0.5, 0.6) is 11.5 Å². The minimum atomic E-state index is -1.07. The molecule has 0 bridgehead atoms. The van der Waals surface area contributed by atoms with E-state index in [1.54, 1.807) is 18.2 Å². The van der Waals surface area contributed by atoms with Crippen molar-refractivity contribution >= 4 is 6.21 Å². The molecule has 2 aromatic carbocycles. The standard InChI is InChI=1S/C19H17F3N2O3/c1-26-12-3-10(4-13(7-12)27-2)14-8-23-9-17(24-25)18(14)19-15(21)5-11(20)6-16(19)22/h3-8,14,17-18H,9H2,1-2H3. The molecule has 27 heavy (non-hydrogen) atoms. The summed E-state index contributed by atoms with van der Waals surface area (Å²) in [7, 11) is 2.94. The second-order valence-corrected chi connectivity index (χ2v) is 6.17. The third-order valence-electron chi connectivity index (χ3n) is 4.63. The highest BCUT2D eigenvalue weighted by molar-refractivity contribution is 5.72. The lowest BCUT2D eigenvalue weighted by atomic mass is 9.75. The fourth-order valence-electron chi connectivity index (χ4n) is 3.39. The van der Waals surface area contributed by atoms with E-state index in [0.29, 0.717) is 29.2 Å². The van der Waals surface area contributed by atoms with Gasteiger partial charge in [0.05, 0.1) is 20.8 Å². The molecular formula is C19H17F3N2O3. The Labute approximate surface area is 153 Å². The lowest BCUT2D eigenvalue weighted by Crippen LogP contribution is -2.32. The number of aliphatic imine (C=N–C) groups is 1. The SMILES string of the molecule is COc1cc(OC)cc(C2C=NCC(N=O)C2c2c(F)cc(F)cc2F)c1. The molecule has 0 aromatic heterocycles. The van der Waals surface area contributed by atoms with E-state index >= 15 is 0 Å². The molecule has 0 saturated heterocycles. The highest BCUT2D eigenvalue weighted by Gasteiger charge is 2.39. The molecule has 0 fully saturated rings. The molecule has 3 atom stereocenters. The van der Waals surface area contributed by atoms with Gasteiger partial charge in [0.15, 0.2) is 0 Å². The summed E-state index contributed by atoms with van der Waals surface area (Å²) < 4.78 is 52.8. The molecule has 8 heteroatoms. The van der Waals surface area contributed by atoms with Crippen molar-refractivity contribution in [2.75, 3.05) is 20.8 Å². The second-order valence-electron chi connectivity index (χ2n) is 6.17. The monoisotopic (exact) mass is 378 g/mol. The summed E-state index contributed by atoms with van der Waals surface area (Å²) in [5.41, 5.74) is 0.190. The van der Waals surface area contributed by atoms with Gasteiger partial charge in [0.2, 0.25) is 0 Å². The van der Waals surface area contributed by atoms with Crippen molar-refractivity contribution < 1.29 is 22.6 Å². The van der Waals surface area contributed by atoms with Crippen LogP contribution in [0.4, 0.5) is 13.2 Å². The van der Waals surface area contributed by atoms with Crippen molar-refractivity contribution in [2.45, 2.75) is 17.9 Å². The van der Waals surface area contributed by atoms with Gasteiger partial charge in [-0.05, 0) is 17.7 Å². The second kappa shape index (κ2) is 7.77. The van der Waals surface area contributed by atoms with Crippen LogP contribution in [0.2, 0.25) is 0 Å². The van der Waals surface area contributed by atoms with Crippen LogP contribution < -0.4 is 9.47 Å². The molecule has 0 N–H and O–H groups in total. The van der Waals surface area contributed by atoms with Crippen LogP contribution in [0.15, 0.2) is 40.5 Å². The maximum Gasteiger partial charge on any atom is 0.132 e. The van der Waals surface area contributed by atoms with Crippen LogP contribution in [0.3, 0.4) is 0 Å². The number of benzene rings is 2. The van der Waals surface area contributed by atoms with Gasteiger partial charge in [-0.3, -0.25) is 4.99 Å². The molecule has 0 amide bonds. The van der Waals surface area contributed by atoms with Crippen LogP contribution in [0, 0.1) is 22.4 Å². The molecule has 0 spiro atoms. The number of nitroso groups, excluding NO2 is 1. The van der Waals surface area contributed by atoms with Gasteiger partial charge in [-0.1, -0.05) is 5.18 Å². The largest absolute Gasteiger partial charge is 0.497 e. The summed E-state index contributed by atoms with van der Waals surface area (Å²) in [6, 6.07) is 5.15. The molecule has 142 valence electrons. The summed E-state index contributed by atoms with van der Waals surface area (Å²) in [6.07, 6.45) is 1.52. The number of halogens is 3. The summed E-state index contributed by atoms with van der Waals surface area (Å²) >= 11 is 0. The van der Waals surface area contributed by atoms with Crippen molar-refractivity contribution in [3.8, 4) is 11.5 Å². The van der Waals surface area contributed by atoms with Crippen LogP contribution in [0.25, 0.3) is 0 Å². The topological polar surface area (TPSA) is 60.2 Å². The predicted molar refractivity (Wildman–Crippen MR) is 94.3 cm³/mol. The van der Waals surface area contributed by atoms with Crippen molar-refractivity contribution in [1.82, 2.24) is 0 Å². The number of hydrogen-bond acceptors (Lipinski definition) is 5. The van der Waals surface area contributed by atoms with Gasteiger partial charge in [0, 0.05) is 41.8 Å². The molecule has 1 heterocycles. The maximum atomic E-state index is 14.5. The van der Waals surface area contributed by atoms with Crippen molar-refractivity contribution in [2.24, 2.45) is 10.2 Å². The molecule has 0 saturated carbocycles. The summed E-state index contributed by atoms with van der Waals surface area (Å²) in [5, 5.41) is 3.02. The number of nitrogens with zero attached hydrogens (tertiary/aromatic N) is 2. The Morgan fingerprint density at radius 3 is 2.11 bits per heavy atom. The number of hydrogen-bond donors (Lipinski definition) is 0. The molecule has 2 aromatic rings. The lowest BCUT2D eigenvalue weighted by molar-refractivity contribution is 0.391. The van der Waals surface area contributed by atoms with E-state index in [0.717, 1.165) is 0 Å². The quantitative estimate of drug-likeness (QED) is 0.733.